The SMILES string of the molecule is C=CCOC(=O)CCCOOCC(COC(=O)C(C)(C)CC)OOCCCC(=O)OCC=C. The van der Waals surface area contributed by atoms with Gasteiger partial charge in [-0.15, -0.1) is 0 Å². The largest absolute Gasteiger partial charge is 0.462 e. The van der Waals surface area contributed by atoms with E-state index in [4.69, 9.17) is 33.8 Å². The Balaban J connectivity index is 4.30. The molecule has 0 aliphatic heterocycles. The molecule has 1 atom stereocenters. The van der Waals surface area contributed by atoms with Gasteiger partial charge in [-0.25, -0.2) is 19.6 Å². The van der Waals surface area contributed by atoms with Gasteiger partial charge in [-0.3, -0.25) is 14.4 Å². The molecule has 0 amide bonds. The van der Waals surface area contributed by atoms with Crippen molar-refractivity contribution < 1.29 is 48.1 Å². The first-order valence-electron chi connectivity index (χ1n) is 11.0. The summed E-state index contributed by atoms with van der Waals surface area (Å²) in [6, 6.07) is 0. The van der Waals surface area contributed by atoms with Crippen molar-refractivity contribution in [3.63, 3.8) is 0 Å². The summed E-state index contributed by atoms with van der Waals surface area (Å²) in [5.41, 5.74) is -0.630. The first-order valence-corrected chi connectivity index (χ1v) is 11.0. The van der Waals surface area contributed by atoms with Crippen LogP contribution in [0.15, 0.2) is 25.3 Å². The highest BCUT2D eigenvalue weighted by molar-refractivity contribution is 5.75. The first-order chi connectivity index (χ1) is 15.8. The number of esters is 3. The number of carbonyl (C=O) groups excluding carboxylic acids is 3. The van der Waals surface area contributed by atoms with Gasteiger partial charge < -0.3 is 14.2 Å². The molecular weight excluding hydrogens is 436 g/mol. The molecule has 0 aliphatic carbocycles. The Kier molecular flexibility index (Phi) is 17.9. The van der Waals surface area contributed by atoms with Gasteiger partial charge in [0, 0.05) is 12.8 Å². The fraction of sp³-hybridized carbons (Fsp3) is 0.696. The topological polar surface area (TPSA) is 116 Å². The summed E-state index contributed by atoms with van der Waals surface area (Å²) < 4.78 is 15.0. The fourth-order valence-corrected chi connectivity index (χ4v) is 1.94. The Morgan fingerprint density at radius 1 is 0.818 bits per heavy atom. The molecule has 1 unspecified atom stereocenters. The van der Waals surface area contributed by atoms with Gasteiger partial charge in [0.05, 0.1) is 18.6 Å². The molecular formula is C23H38O10. The van der Waals surface area contributed by atoms with Crippen LogP contribution in [0.3, 0.4) is 0 Å². The monoisotopic (exact) mass is 474 g/mol. The summed E-state index contributed by atoms with van der Waals surface area (Å²) in [5, 5.41) is 0. The molecule has 0 heterocycles. The van der Waals surface area contributed by atoms with Crippen molar-refractivity contribution in [2.24, 2.45) is 5.41 Å². The molecule has 0 spiro atoms. The second-order valence-corrected chi connectivity index (χ2v) is 7.63. The van der Waals surface area contributed by atoms with Gasteiger partial charge in [-0.1, -0.05) is 32.2 Å². The maximum atomic E-state index is 12.2. The lowest BCUT2D eigenvalue weighted by atomic mass is 9.91. The van der Waals surface area contributed by atoms with Gasteiger partial charge in [0.25, 0.3) is 0 Å². The predicted molar refractivity (Wildman–Crippen MR) is 119 cm³/mol. The Morgan fingerprint density at radius 2 is 1.36 bits per heavy atom. The molecule has 0 N–H and O–H groups in total. The zero-order valence-electron chi connectivity index (χ0n) is 20.0. The molecule has 10 heteroatoms. The van der Waals surface area contributed by atoms with Crippen LogP contribution in [0.2, 0.25) is 0 Å². The molecule has 0 aromatic rings. The van der Waals surface area contributed by atoms with E-state index >= 15 is 0 Å². The highest BCUT2D eigenvalue weighted by Gasteiger charge is 2.28. The lowest BCUT2D eigenvalue weighted by molar-refractivity contribution is -0.370. The molecule has 0 saturated carbocycles. The van der Waals surface area contributed by atoms with E-state index in [0.29, 0.717) is 19.3 Å². The zero-order valence-corrected chi connectivity index (χ0v) is 20.0. The minimum absolute atomic E-state index is 0.0812. The molecule has 0 saturated heterocycles. The Bertz CT molecular complexity index is 588. The van der Waals surface area contributed by atoms with Crippen LogP contribution in [0, 0.1) is 5.41 Å². The lowest BCUT2D eigenvalue weighted by Crippen LogP contribution is -2.32. The third-order valence-corrected chi connectivity index (χ3v) is 4.32. The molecule has 0 aromatic carbocycles. The van der Waals surface area contributed by atoms with Crippen LogP contribution >= 0.6 is 0 Å². The quantitative estimate of drug-likeness (QED) is 0.0613. The van der Waals surface area contributed by atoms with Crippen LogP contribution in [-0.4, -0.2) is 63.7 Å². The maximum Gasteiger partial charge on any atom is 0.311 e. The van der Waals surface area contributed by atoms with Crippen LogP contribution in [0.5, 0.6) is 0 Å². The van der Waals surface area contributed by atoms with Crippen molar-refractivity contribution >= 4 is 17.9 Å². The fourth-order valence-electron chi connectivity index (χ4n) is 1.94. The van der Waals surface area contributed by atoms with Gasteiger partial charge in [0.1, 0.15) is 26.4 Å². The molecule has 0 bridgehead atoms. The Morgan fingerprint density at radius 3 is 1.88 bits per heavy atom. The molecule has 33 heavy (non-hydrogen) atoms. The van der Waals surface area contributed by atoms with E-state index in [1.807, 2.05) is 6.92 Å². The van der Waals surface area contributed by atoms with E-state index in [1.54, 1.807) is 13.8 Å². The van der Waals surface area contributed by atoms with Gasteiger partial charge in [0.2, 0.25) is 0 Å². The average Bonchev–Trinajstić information content (AvgIpc) is 2.80. The molecule has 0 fully saturated rings. The van der Waals surface area contributed by atoms with Crippen LogP contribution in [0.25, 0.3) is 0 Å². The molecule has 190 valence electrons. The van der Waals surface area contributed by atoms with E-state index < -0.39 is 11.5 Å². The molecule has 10 nitrogen and oxygen atoms in total. The van der Waals surface area contributed by atoms with Crippen LogP contribution in [0.4, 0.5) is 0 Å². The predicted octanol–water partition coefficient (Wildman–Crippen LogP) is 3.25. The zero-order chi connectivity index (χ0) is 25.0. The third kappa shape index (κ3) is 16.9. The lowest BCUT2D eigenvalue weighted by Gasteiger charge is -2.22. The van der Waals surface area contributed by atoms with E-state index in [-0.39, 0.29) is 70.4 Å². The minimum Gasteiger partial charge on any atom is -0.462 e. The molecule has 0 aromatic heterocycles. The summed E-state index contributed by atoms with van der Waals surface area (Å²) in [6.45, 7) is 12.8. The molecule has 0 radical (unpaired) electrons. The van der Waals surface area contributed by atoms with Gasteiger partial charge in [-0.2, -0.15) is 0 Å². The van der Waals surface area contributed by atoms with Gasteiger partial charge >= 0.3 is 17.9 Å². The van der Waals surface area contributed by atoms with E-state index in [9.17, 15) is 14.4 Å². The summed E-state index contributed by atoms with van der Waals surface area (Å²) in [4.78, 5) is 55.5. The molecule has 0 aliphatic rings. The second-order valence-electron chi connectivity index (χ2n) is 7.63. The highest BCUT2D eigenvalue weighted by atomic mass is 17.2. The highest BCUT2D eigenvalue weighted by Crippen LogP contribution is 2.21. The number of ether oxygens (including phenoxy) is 3. The van der Waals surface area contributed by atoms with Crippen molar-refractivity contribution in [3.05, 3.63) is 25.3 Å². The third-order valence-electron chi connectivity index (χ3n) is 4.32. The Labute approximate surface area is 196 Å². The second kappa shape index (κ2) is 19.2. The van der Waals surface area contributed by atoms with Gasteiger partial charge in [-0.05, 0) is 33.1 Å². The van der Waals surface area contributed by atoms with E-state index in [2.05, 4.69) is 13.2 Å². The first kappa shape index (κ1) is 30.7. The summed E-state index contributed by atoms with van der Waals surface area (Å²) in [6.07, 6.45) is 3.96. The summed E-state index contributed by atoms with van der Waals surface area (Å²) in [5.74, 6) is -1.09. The Hall–Kier alpha value is -2.27. The van der Waals surface area contributed by atoms with Crippen molar-refractivity contribution in [1.82, 2.24) is 0 Å². The van der Waals surface area contributed by atoms with Crippen molar-refractivity contribution in [3.8, 4) is 0 Å². The van der Waals surface area contributed by atoms with E-state index in [0.717, 1.165) is 0 Å². The standard InChI is InChI=1S/C23H38O10/c1-6-13-27-20(24)11-9-15-30-32-18-19(17-29-22(26)23(4,5)8-3)33-31-16-10-12-21(25)28-14-7-2/h6-7,19H,1-2,8-18H2,3-5H3. The average molecular weight is 475 g/mol. The summed E-state index contributed by atoms with van der Waals surface area (Å²) in [7, 11) is 0. The van der Waals surface area contributed by atoms with Crippen LogP contribution < -0.4 is 0 Å². The van der Waals surface area contributed by atoms with Crippen LogP contribution in [0.1, 0.15) is 52.9 Å². The summed E-state index contributed by atoms with van der Waals surface area (Å²) >= 11 is 0. The maximum absolute atomic E-state index is 12.2. The van der Waals surface area contributed by atoms with Gasteiger partial charge in [0.15, 0.2) is 6.10 Å². The van der Waals surface area contributed by atoms with Crippen LogP contribution in [-0.2, 0) is 48.1 Å². The number of hydrogen-bond donors (Lipinski definition) is 0. The minimum atomic E-state index is -0.758. The normalized spacial score (nSPS) is 12.0. The van der Waals surface area contributed by atoms with Crippen molar-refractivity contribution in [2.45, 2.75) is 59.0 Å². The smallest absolute Gasteiger partial charge is 0.311 e. The number of rotatable bonds is 21. The number of hydrogen-bond acceptors (Lipinski definition) is 10. The number of carbonyl (C=O) groups is 3. The van der Waals surface area contributed by atoms with Crippen molar-refractivity contribution in [1.29, 1.82) is 0 Å². The van der Waals surface area contributed by atoms with Crippen molar-refractivity contribution in [2.75, 3.05) is 39.6 Å². The molecule has 0 rings (SSSR count). The van der Waals surface area contributed by atoms with E-state index in [1.165, 1.54) is 12.2 Å².